The minimum atomic E-state index is 0.0961. The van der Waals surface area contributed by atoms with Gasteiger partial charge in [-0.15, -0.1) is 0 Å². The van der Waals surface area contributed by atoms with Crippen molar-refractivity contribution in [3.63, 3.8) is 0 Å². The molecule has 0 saturated carbocycles. The molecular weight excluding hydrogens is 156 g/mol. The first-order valence-electron chi connectivity index (χ1n) is 3.65. The Bertz CT molecular complexity index is 267. The van der Waals surface area contributed by atoms with Crippen LogP contribution in [0.1, 0.15) is 13.8 Å². The van der Waals surface area contributed by atoms with Gasteiger partial charge >= 0.3 is 0 Å². The van der Waals surface area contributed by atoms with E-state index in [4.69, 9.17) is 0 Å². The van der Waals surface area contributed by atoms with E-state index >= 15 is 0 Å². The van der Waals surface area contributed by atoms with Gasteiger partial charge in [0.15, 0.2) is 6.17 Å². The lowest BCUT2D eigenvalue weighted by Gasteiger charge is -2.24. The van der Waals surface area contributed by atoms with Crippen molar-refractivity contribution in [3.05, 3.63) is 12.2 Å². The molecular formula is C8H10N2S. The van der Waals surface area contributed by atoms with Gasteiger partial charge in [-0.3, -0.25) is 9.98 Å². The van der Waals surface area contributed by atoms with E-state index < -0.39 is 0 Å². The Balaban J connectivity index is 2.35. The van der Waals surface area contributed by atoms with E-state index in [1.807, 2.05) is 19.2 Å². The van der Waals surface area contributed by atoms with Crippen LogP contribution < -0.4 is 0 Å². The fourth-order valence-corrected chi connectivity index (χ4v) is 2.52. The predicted molar refractivity (Wildman–Crippen MR) is 50.5 cm³/mol. The second kappa shape index (κ2) is 2.21. The van der Waals surface area contributed by atoms with E-state index in [-0.39, 0.29) is 10.9 Å². The number of fused-ring (bicyclic) bond motifs is 1. The molecule has 2 unspecified atom stereocenters. The fraction of sp³-hybridized carbons (Fsp3) is 0.500. The lowest BCUT2D eigenvalue weighted by molar-refractivity contribution is 0.618. The van der Waals surface area contributed by atoms with Crippen LogP contribution >= 0.6 is 11.8 Å². The number of dihydropyridines is 1. The summed E-state index contributed by atoms with van der Waals surface area (Å²) >= 11 is 1.80. The zero-order valence-electron chi connectivity index (χ0n) is 6.61. The Morgan fingerprint density at radius 1 is 1.64 bits per heavy atom. The van der Waals surface area contributed by atoms with Crippen LogP contribution in [0.15, 0.2) is 22.1 Å². The number of allylic oxidation sites excluding steroid dienone is 1. The SMILES string of the molecule is CC1=NC2N=CC=CC2(C)S1. The van der Waals surface area contributed by atoms with Crippen molar-refractivity contribution >= 4 is 23.0 Å². The first kappa shape index (κ1) is 7.10. The van der Waals surface area contributed by atoms with E-state index in [9.17, 15) is 0 Å². The number of thioether (sulfide) groups is 1. The Labute approximate surface area is 70.5 Å². The molecule has 2 atom stereocenters. The van der Waals surface area contributed by atoms with Crippen LogP contribution in [0.3, 0.4) is 0 Å². The van der Waals surface area contributed by atoms with Crippen LogP contribution in [0.4, 0.5) is 0 Å². The summed E-state index contributed by atoms with van der Waals surface area (Å²) in [5.41, 5.74) is 0. The van der Waals surface area contributed by atoms with Crippen LogP contribution in [0.5, 0.6) is 0 Å². The summed E-state index contributed by atoms with van der Waals surface area (Å²) in [5.74, 6) is 0. The molecule has 2 nitrogen and oxygen atoms in total. The predicted octanol–water partition coefficient (Wildman–Crippen LogP) is 1.88. The second-order valence-electron chi connectivity index (χ2n) is 2.96. The lowest BCUT2D eigenvalue weighted by Crippen LogP contribution is -2.29. The summed E-state index contributed by atoms with van der Waals surface area (Å²) in [6, 6.07) is 0. The van der Waals surface area contributed by atoms with Crippen LogP contribution in [-0.2, 0) is 0 Å². The Kier molecular flexibility index (Phi) is 1.42. The van der Waals surface area contributed by atoms with Gasteiger partial charge in [0.25, 0.3) is 0 Å². The van der Waals surface area contributed by atoms with Crippen molar-refractivity contribution in [1.82, 2.24) is 0 Å². The van der Waals surface area contributed by atoms with Gasteiger partial charge in [0.1, 0.15) is 0 Å². The van der Waals surface area contributed by atoms with Crippen molar-refractivity contribution in [3.8, 4) is 0 Å². The summed E-state index contributed by atoms with van der Waals surface area (Å²) in [7, 11) is 0. The molecule has 0 saturated heterocycles. The molecule has 0 aliphatic carbocycles. The van der Waals surface area contributed by atoms with Crippen LogP contribution in [0, 0.1) is 0 Å². The van der Waals surface area contributed by atoms with Gasteiger partial charge in [0, 0.05) is 6.21 Å². The van der Waals surface area contributed by atoms with E-state index in [2.05, 4.69) is 23.0 Å². The Hall–Kier alpha value is -0.570. The molecule has 0 aromatic rings. The molecule has 3 heteroatoms. The van der Waals surface area contributed by atoms with Gasteiger partial charge in [-0.05, 0) is 19.9 Å². The molecule has 0 amide bonds. The number of rotatable bonds is 0. The van der Waals surface area contributed by atoms with Crippen molar-refractivity contribution in [2.45, 2.75) is 24.8 Å². The highest BCUT2D eigenvalue weighted by Gasteiger charge is 2.38. The van der Waals surface area contributed by atoms with Gasteiger partial charge in [-0.2, -0.15) is 0 Å². The van der Waals surface area contributed by atoms with Gasteiger partial charge in [-0.25, -0.2) is 0 Å². The van der Waals surface area contributed by atoms with Crippen molar-refractivity contribution in [2.75, 3.05) is 0 Å². The molecule has 0 radical (unpaired) electrons. The minimum absolute atomic E-state index is 0.0961. The van der Waals surface area contributed by atoms with Crippen LogP contribution in [0.25, 0.3) is 0 Å². The van der Waals surface area contributed by atoms with E-state index in [0.29, 0.717) is 0 Å². The maximum absolute atomic E-state index is 4.41. The number of nitrogens with zero attached hydrogens (tertiary/aromatic N) is 2. The zero-order chi connectivity index (χ0) is 7.90. The molecule has 0 aromatic heterocycles. The zero-order valence-corrected chi connectivity index (χ0v) is 7.43. The third-order valence-electron chi connectivity index (χ3n) is 1.92. The molecule has 2 aliphatic heterocycles. The first-order valence-corrected chi connectivity index (χ1v) is 4.47. The first-order chi connectivity index (χ1) is 5.21. The summed E-state index contributed by atoms with van der Waals surface area (Å²) in [6.07, 6.45) is 6.12. The highest BCUT2D eigenvalue weighted by Crippen LogP contribution is 2.40. The molecule has 2 heterocycles. The number of hydrogen-bond acceptors (Lipinski definition) is 3. The summed E-state index contributed by atoms with van der Waals surface area (Å²) in [4.78, 5) is 8.71. The van der Waals surface area contributed by atoms with Gasteiger partial charge in [0.05, 0.1) is 9.79 Å². The summed E-state index contributed by atoms with van der Waals surface area (Å²) in [6.45, 7) is 4.22. The smallest absolute Gasteiger partial charge is 0.158 e. The van der Waals surface area contributed by atoms with Gasteiger partial charge in [0.2, 0.25) is 0 Å². The average Bonchev–Trinajstić information content (AvgIpc) is 2.22. The third kappa shape index (κ3) is 1.03. The minimum Gasteiger partial charge on any atom is -0.265 e. The Morgan fingerprint density at radius 2 is 2.45 bits per heavy atom. The molecule has 0 N–H and O–H groups in total. The second-order valence-corrected chi connectivity index (χ2v) is 4.64. The number of hydrogen-bond donors (Lipinski definition) is 0. The maximum Gasteiger partial charge on any atom is 0.158 e. The Morgan fingerprint density at radius 3 is 3.18 bits per heavy atom. The van der Waals surface area contributed by atoms with E-state index in [0.717, 1.165) is 5.04 Å². The van der Waals surface area contributed by atoms with Gasteiger partial charge < -0.3 is 0 Å². The van der Waals surface area contributed by atoms with E-state index in [1.54, 1.807) is 11.8 Å². The van der Waals surface area contributed by atoms with Crippen LogP contribution in [-0.4, -0.2) is 22.2 Å². The monoisotopic (exact) mass is 166 g/mol. The molecule has 11 heavy (non-hydrogen) atoms. The fourth-order valence-electron chi connectivity index (χ4n) is 1.36. The average molecular weight is 166 g/mol. The normalized spacial score (nSPS) is 40.5. The molecule has 2 rings (SSSR count). The molecule has 0 spiro atoms. The molecule has 58 valence electrons. The van der Waals surface area contributed by atoms with Crippen molar-refractivity contribution < 1.29 is 0 Å². The van der Waals surface area contributed by atoms with Crippen LogP contribution in [0.2, 0.25) is 0 Å². The third-order valence-corrected chi connectivity index (χ3v) is 3.11. The lowest BCUT2D eigenvalue weighted by atomic mass is 10.1. The number of aliphatic imine (C=N–C) groups is 2. The molecule has 0 fully saturated rings. The summed E-state index contributed by atoms with van der Waals surface area (Å²) < 4.78 is 0.0961. The molecule has 0 bridgehead atoms. The van der Waals surface area contributed by atoms with Crippen molar-refractivity contribution in [1.29, 1.82) is 0 Å². The molecule has 2 aliphatic rings. The topological polar surface area (TPSA) is 24.7 Å². The highest BCUT2D eigenvalue weighted by molar-refractivity contribution is 8.15. The largest absolute Gasteiger partial charge is 0.265 e. The van der Waals surface area contributed by atoms with Gasteiger partial charge in [-0.1, -0.05) is 17.8 Å². The summed E-state index contributed by atoms with van der Waals surface area (Å²) in [5, 5.41) is 1.14. The van der Waals surface area contributed by atoms with Crippen molar-refractivity contribution in [2.24, 2.45) is 9.98 Å². The van der Waals surface area contributed by atoms with E-state index in [1.165, 1.54) is 0 Å². The highest BCUT2D eigenvalue weighted by atomic mass is 32.2. The maximum atomic E-state index is 4.41. The quantitative estimate of drug-likeness (QED) is 0.539. The standard InChI is InChI=1S/C8H10N2S/c1-6-10-7-8(2,11-6)4-3-5-9-7/h3-5,7H,1-2H3. The molecule has 0 aromatic carbocycles.